The van der Waals surface area contributed by atoms with Crippen LogP contribution in [0.2, 0.25) is 5.02 Å². The van der Waals surface area contributed by atoms with Crippen molar-refractivity contribution < 1.29 is 0 Å². The van der Waals surface area contributed by atoms with Crippen molar-refractivity contribution in [2.24, 2.45) is 0 Å². The minimum Gasteiger partial charge on any atom is -0.398 e. The molecule has 0 aliphatic carbocycles. The third kappa shape index (κ3) is 2.88. The lowest BCUT2D eigenvalue weighted by Crippen LogP contribution is -2.47. The van der Waals surface area contributed by atoms with Gasteiger partial charge in [0.2, 0.25) is 5.95 Å². The Bertz CT molecular complexity index is 623. The van der Waals surface area contributed by atoms with Gasteiger partial charge in [-0.1, -0.05) is 11.6 Å². The summed E-state index contributed by atoms with van der Waals surface area (Å²) in [6.45, 7) is 5.68. The van der Waals surface area contributed by atoms with Gasteiger partial charge in [0.05, 0.1) is 10.7 Å². The number of anilines is 3. The average molecular weight is 304 g/mol. The highest BCUT2D eigenvalue weighted by Gasteiger charge is 2.20. The Morgan fingerprint density at radius 1 is 1.05 bits per heavy atom. The largest absolute Gasteiger partial charge is 0.398 e. The summed E-state index contributed by atoms with van der Waals surface area (Å²) >= 11 is 6.15. The van der Waals surface area contributed by atoms with Gasteiger partial charge in [-0.2, -0.15) is 0 Å². The zero-order valence-corrected chi connectivity index (χ0v) is 12.7. The van der Waals surface area contributed by atoms with Crippen molar-refractivity contribution >= 4 is 28.9 Å². The normalized spacial score (nSPS) is 15.3. The monoisotopic (exact) mass is 303 g/mol. The van der Waals surface area contributed by atoms with Crippen LogP contribution in [-0.4, -0.2) is 36.1 Å². The standard InChI is InChI=1S/C15H18ClN5/c1-11-9-13(17)12(16)10-14(11)20-5-7-21(8-6-20)15-18-3-2-4-19-15/h2-4,9-10H,5-8,17H2,1H3. The van der Waals surface area contributed by atoms with Gasteiger partial charge < -0.3 is 15.5 Å². The second-order valence-corrected chi connectivity index (χ2v) is 5.59. The van der Waals surface area contributed by atoms with Crippen molar-refractivity contribution in [3.8, 4) is 0 Å². The van der Waals surface area contributed by atoms with Gasteiger partial charge in [0.1, 0.15) is 0 Å². The van der Waals surface area contributed by atoms with E-state index >= 15 is 0 Å². The number of nitrogens with zero attached hydrogens (tertiary/aromatic N) is 4. The lowest BCUT2D eigenvalue weighted by molar-refractivity contribution is 0.639. The Balaban J connectivity index is 1.73. The molecule has 110 valence electrons. The van der Waals surface area contributed by atoms with Crippen LogP contribution in [0.15, 0.2) is 30.6 Å². The topological polar surface area (TPSA) is 58.3 Å². The van der Waals surface area contributed by atoms with Crippen molar-refractivity contribution in [1.82, 2.24) is 9.97 Å². The summed E-state index contributed by atoms with van der Waals surface area (Å²) in [7, 11) is 0. The van der Waals surface area contributed by atoms with E-state index in [0.717, 1.165) is 43.4 Å². The maximum absolute atomic E-state index is 6.15. The van der Waals surface area contributed by atoms with Crippen LogP contribution in [-0.2, 0) is 0 Å². The number of hydrogen-bond donors (Lipinski definition) is 1. The predicted octanol–water partition coefficient (Wildman–Crippen LogP) is 2.35. The molecule has 0 saturated carbocycles. The Kier molecular flexibility index (Phi) is 3.84. The van der Waals surface area contributed by atoms with Gasteiger partial charge in [0.25, 0.3) is 0 Å². The first-order valence-corrected chi connectivity index (χ1v) is 7.35. The van der Waals surface area contributed by atoms with Crippen molar-refractivity contribution in [3.63, 3.8) is 0 Å². The van der Waals surface area contributed by atoms with Gasteiger partial charge in [-0.3, -0.25) is 0 Å². The molecule has 1 aromatic heterocycles. The Morgan fingerprint density at radius 2 is 1.67 bits per heavy atom. The number of hydrogen-bond acceptors (Lipinski definition) is 5. The molecule has 1 fully saturated rings. The van der Waals surface area contributed by atoms with Crippen molar-refractivity contribution in [2.75, 3.05) is 41.7 Å². The SMILES string of the molecule is Cc1cc(N)c(Cl)cc1N1CCN(c2ncccn2)CC1. The Morgan fingerprint density at radius 3 is 2.33 bits per heavy atom. The van der Waals surface area contributed by atoms with Crippen molar-refractivity contribution in [1.29, 1.82) is 0 Å². The van der Waals surface area contributed by atoms with Gasteiger partial charge in [0.15, 0.2) is 0 Å². The van der Waals surface area contributed by atoms with Crippen LogP contribution in [0.1, 0.15) is 5.56 Å². The maximum atomic E-state index is 6.15. The lowest BCUT2D eigenvalue weighted by atomic mass is 10.1. The summed E-state index contributed by atoms with van der Waals surface area (Å²) in [5, 5.41) is 0.615. The number of aryl methyl sites for hydroxylation is 1. The van der Waals surface area contributed by atoms with Crippen molar-refractivity contribution in [2.45, 2.75) is 6.92 Å². The van der Waals surface area contributed by atoms with Gasteiger partial charge in [-0.25, -0.2) is 9.97 Å². The van der Waals surface area contributed by atoms with Crippen LogP contribution in [0, 0.1) is 6.92 Å². The number of benzene rings is 1. The first-order valence-electron chi connectivity index (χ1n) is 6.97. The van der Waals surface area contributed by atoms with E-state index < -0.39 is 0 Å². The molecule has 1 aliphatic heterocycles. The van der Waals surface area contributed by atoms with E-state index in [1.54, 1.807) is 12.4 Å². The van der Waals surface area contributed by atoms with E-state index in [4.69, 9.17) is 17.3 Å². The zero-order valence-electron chi connectivity index (χ0n) is 12.0. The molecular formula is C15H18ClN5. The second kappa shape index (κ2) is 5.77. The quantitative estimate of drug-likeness (QED) is 0.863. The molecule has 1 aromatic carbocycles. The highest BCUT2D eigenvalue weighted by Crippen LogP contribution is 2.30. The number of aromatic nitrogens is 2. The van der Waals surface area contributed by atoms with Crippen LogP contribution in [0.25, 0.3) is 0 Å². The third-order valence-electron chi connectivity index (χ3n) is 3.77. The fraction of sp³-hybridized carbons (Fsp3) is 0.333. The summed E-state index contributed by atoms with van der Waals surface area (Å²) < 4.78 is 0. The first-order chi connectivity index (χ1) is 10.1. The van der Waals surface area contributed by atoms with Crippen LogP contribution in [0.3, 0.4) is 0 Å². The van der Waals surface area contributed by atoms with E-state index in [-0.39, 0.29) is 0 Å². The van der Waals surface area contributed by atoms with E-state index in [9.17, 15) is 0 Å². The summed E-state index contributed by atoms with van der Waals surface area (Å²) in [6.07, 6.45) is 3.55. The van der Waals surface area contributed by atoms with Gasteiger partial charge in [0, 0.05) is 44.3 Å². The fourth-order valence-corrected chi connectivity index (χ4v) is 2.79. The summed E-state index contributed by atoms with van der Waals surface area (Å²) in [6, 6.07) is 5.73. The molecule has 0 spiro atoms. The Hall–Kier alpha value is -2.01. The molecule has 2 heterocycles. The van der Waals surface area contributed by atoms with Crippen molar-refractivity contribution in [3.05, 3.63) is 41.2 Å². The number of rotatable bonds is 2. The first kappa shape index (κ1) is 13.9. The van der Waals surface area contributed by atoms with E-state index in [0.29, 0.717) is 10.7 Å². The lowest BCUT2D eigenvalue weighted by Gasteiger charge is -2.36. The molecule has 0 unspecified atom stereocenters. The van der Waals surface area contributed by atoms with E-state index in [2.05, 4.69) is 26.7 Å². The summed E-state index contributed by atoms with van der Waals surface area (Å²) in [4.78, 5) is 13.1. The molecule has 1 aliphatic rings. The summed E-state index contributed by atoms with van der Waals surface area (Å²) in [5.41, 5.74) is 8.78. The maximum Gasteiger partial charge on any atom is 0.225 e. The van der Waals surface area contributed by atoms with Gasteiger partial charge in [-0.05, 0) is 30.7 Å². The molecule has 5 nitrogen and oxygen atoms in total. The van der Waals surface area contributed by atoms with Gasteiger partial charge in [-0.15, -0.1) is 0 Å². The molecule has 21 heavy (non-hydrogen) atoms. The minimum atomic E-state index is 0.615. The molecule has 2 aromatic rings. The number of piperazine rings is 1. The molecule has 2 N–H and O–H groups in total. The van der Waals surface area contributed by atoms with E-state index in [1.807, 2.05) is 18.2 Å². The molecule has 3 rings (SSSR count). The van der Waals surface area contributed by atoms with Crippen LogP contribution in [0.5, 0.6) is 0 Å². The molecule has 0 amide bonds. The number of halogens is 1. The molecule has 0 atom stereocenters. The molecule has 0 radical (unpaired) electrons. The smallest absolute Gasteiger partial charge is 0.225 e. The molecular weight excluding hydrogens is 286 g/mol. The fourth-order valence-electron chi connectivity index (χ4n) is 2.64. The molecule has 0 bridgehead atoms. The second-order valence-electron chi connectivity index (χ2n) is 5.18. The molecule has 6 heteroatoms. The Labute approximate surface area is 129 Å². The highest BCUT2D eigenvalue weighted by molar-refractivity contribution is 6.33. The number of nitrogens with two attached hydrogens (primary N) is 1. The predicted molar refractivity (Wildman–Crippen MR) is 87.1 cm³/mol. The van der Waals surface area contributed by atoms with Crippen LogP contribution in [0.4, 0.5) is 17.3 Å². The minimum absolute atomic E-state index is 0.615. The van der Waals surface area contributed by atoms with Crippen LogP contribution >= 0.6 is 11.6 Å². The van der Waals surface area contributed by atoms with Crippen LogP contribution < -0.4 is 15.5 Å². The molecule has 1 saturated heterocycles. The third-order valence-corrected chi connectivity index (χ3v) is 4.10. The zero-order chi connectivity index (χ0) is 14.8. The van der Waals surface area contributed by atoms with E-state index in [1.165, 1.54) is 0 Å². The average Bonchev–Trinajstić information content (AvgIpc) is 2.52. The van der Waals surface area contributed by atoms with Gasteiger partial charge >= 0.3 is 0 Å². The summed E-state index contributed by atoms with van der Waals surface area (Å²) in [5.74, 6) is 0.796. The number of nitrogen functional groups attached to an aromatic ring is 1. The highest BCUT2D eigenvalue weighted by atomic mass is 35.5.